The normalized spacial score (nSPS) is 15.3. The number of rotatable bonds is 6. The number of barbiturate groups is 1. The van der Waals surface area contributed by atoms with Gasteiger partial charge in [0, 0.05) is 35.8 Å². The smallest absolute Gasteiger partial charge is 0.331 e. The predicted molar refractivity (Wildman–Crippen MR) is 119 cm³/mol. The van der Waals surface area contributed by atoms with Crippen molar-refractivity contribution < 1.29 is 19.2 Å². The van der Waals surface area contributed by atoms with Gasteiger partial charge in [0.25, 0.3) is 11.8 Å². The third-order valence-electron chi connectivity index (χ3n) is 5.27. The molecule has 32 heavy (non-hydrogen) atoms. The first-order valence-corrected chi connectivity index (χ1v) is 10.2. The molecule has 0 aliphatic carbocycles. The van der Waals surface area contributed by atoms with Crippen molar-refractivity contribution in [2.45, 2.75) is 20.0 Å². The van der Waals surface area contributed by atoms with Gasteiger partial charge >= 0.3 is 6.03 Å². The second-order valence-corrected chi connectivity index (χ2v) is 7.36. The molecule has 0 atom stereocenters. The van der Waals surface area contributed by atoms with Gasteiger partial charge in [-0.15, -0.1) is 0 Å². The van der Waals surface area contributed by atoms with E-state index in [-0.39, 0.29) is 24.6 Å². The first-order chi connectivity index (χ1) is 15.5. The number of fused-ring (bicyclic) bond motifs is 1. The number of likely N-dealkylation sites (N-methyl/N-ethyl adjacent to an activating group) is 1. The predicted octanol–water partition coefficient (Wildman–Crippen LogP) is 2.44. The van der Waals surface area contributed by atoms with E-state index in [1.54, 1.807) is 17.7 Å². The fourth-order valence-corrected chi connectivity index (χ4v) is 3.66. The van der Waals surface area contributed by atoms with Crippen LogP contribution in [0, 0.1) is 0 Å². The zero-order valence-corrected chi connectivity index (χ0v) is 17.5. The van der Waals surface area contributed by atoms with Gasteiger partial charge in [0.1, 0.15) is 12.1 Å². The van der Waals surface area contributed by atoms with Crippen molar-refractivity contribution in [2.24, 2.45) is 0 Å². The Hall–Kier alpha value is -4.20. The Morgan fingerprint density at radius 2 is 1.75 bits per heavy atom. The molecule has 1 fully saturated rings. The maximum Gasteiger partial charge on any atom is 0.331 e. The van der Waals surface area contributed by atoms with Crippen LogP contribution in [0.2, 0.25) is 0 Å². The van der Waals surface area contributed by atoms with Gasteiger partial charge < -0.3 is 9.88 Å². The van der Waals surface area contributed by atoms with Crippen molar-refractivity contribution in [2.75, 3.05) is 6.54 Å². The summed E-state index contributed by atoms with van der Waals surface area (Å²) in [6, 6.07) is 16.3. The van der Waals surface area contributed by atoms with E-state index in [1.807, 2.05) is 54.6 Å². The van der Waals surface area contributed by atoms with E-state index in [0.29, 0.717) is 12.1 Å². The highest BCUT2D eigenvalue weighted by Gasteiger charge is 2.34. The van der Waals surface area contributed by atoms with Crippen LogP contribution in [0.4, 0.5) is 4.79 Å². The zero-order valence-electron chi connectivity index (χ0n) is 17.5. The van der Waals surface area contributed by atoms with E-state index in [0.717, 1.165) is 21.4 Å². The van der Waals surface area contributed by atoms with E-state index in [4.69, 9.17) is 0 Å². The quantitative estimate of drug-likeness (QED) is 0.463. The van der Waals surface area contributed by atoms with Crippen LogP contribution >= 0.6 is 0 Å². The molecule has 0 bridgehead atoms. The van der Waals surface area contributed by atoms with Crippen LogP contribution in [0.3, 0.4) is 0 Å². The highest BCUT2D eigenvalue weighted by atomic mass is 16.2. The van der Waals surface area contributed by atoms with E-state index in [2.05, 4.69) is 10.6 Å². The molecule has 2 heterocycles. The number of hydrogen-bond donors (Lipinski definition) is 2. The number of nitrogens with one attached hydrogen (secondary N) is 2. The number of carbonyl (C=O) groups is 4. The van der Waals surface area contributed by atoms with E-state index >= 15 is 0 Å². The maximum atomic E-state index is 12.6. The number of benzene rings is 2. The molecular weight excluding hydrogens is 408 g/mol. The molecule has 2 N–H and O–H groups in total. The molecule has 0 unspecified atom stereocenters. The molecule has 5 amide bonds. The summed E-state index contributed by atoms with van der Waals surface area (Å²) in [7, 11) is 0. The number of nitrogens with zero attached hydrogens (tertiary/aromatic N) is 2. The van der Waals surface area contributed by atoms with Crippen molar-refractivity contribution in [1.29, 1.82) is 0 Å². The minimum Gasteiger partial charge on any atom is -0.350 e. The van der Waals surface area contributed by atoms with Crippen LogP contribution in [0.5, 0.6) is 0 Å². The van der Waals surface area contributed by atoms with Crippen molar-refractivity contribution in [3.63, 3.8) is 0 Å². The molecular formula is C24H22N4O4. The van der Waals surface area contributed by atoms with Crippen LogP contribution < -0.4 is 10.6 Å². The summed E-state index contributed by atoms with van der Waals surface area (Å²) in [4.78, 5) is 50.3. The van der Waals surface area contributed by atoms with Crippen molar-refractivity contribution in [3.05, 3.63) is 77.5 Å². The van der Waals surface area contributed by atoms with Gasteiger partial charge in [-0.25, -0.2) is 4.79 Å². The van der Waals surface area contributed by atoms with Gasteiger partial charge in [-0.3, -0.25) is 24.6 Å². The lowest BCUT2D eigenvalue weighted by atomic mass is 10.1. The third kappa shape index (κ3) is 4.15. The molecule has 3 aromatic rings. The molecule has 4 rings (SSSR count). The number of hydrogen-bond acceptors (Lipinski definition) is 4. The van der Waals surface area contributed by atoms with Gasteiger partial charge in [-0.2, -0.15) is 0 Å². The molecule has 8 nitrogen and oxygen atoms in total. The topological polar surface area (TPSA) is 101 Å². The lowest BCUT2D eigenvalue weighted by Gasteiger charge is -2.24. The summed E-state index contributed by atoms with van der Waals surface area (Å²) in [6.45, 7) is 2.31. The van der Waals surface area contributed by atoms with Gasteiger partial charge in [0.2, 0.25) is 5.91 Å². The van der Waals surface area contributed by atoms with Gasteiger partial charge in [0.05, 0.1) is 0 Å². The molecule has 0 radical (unpaired) electrons. The number of aromatic nitrogens is 1. The molecule has 162 valence electrons. The minimum atomic E-state index is -0.734. The SMILES string of the molecule is CCN1C(=O)NC(=O)C(=Cc2cn(CC(=O)NCc3ccccc3)c3ccccc23)C1=O. The van der Waals surface area contributed by atoms with Crippen LogP contribution in [0.1, 0.15) is 18.1 Å². The number of amides is 5. The summed E-state index contributed by atoms with van der Waals surface area (Å²) in [5.74, 6) is -1.54. The molecule has 2 aromatic carbocycles. The number of carbonyl (C=O) groups excluding carboxylic acids is 4. The van der Waals surface area contributed by atoms with Crippen LogP contribution in [-0.4, -0.2) is 39.8 Å². The van der Waals surface area contributed by atoms with Crippen molar-refractivity contribution >= 4 is 40.7 Å². The Kier molecular flexibility index (Phi) is 5.85. The van der Waals surface area contributed by atoms with Crippen molar-refractivity contribution in [3.8, 4) is 0 Å². The Morgan fingerprint density at radius 3 is 2.50 bits per heavy atom. The fourth-order valence-electron chi connectivity index (χ4n) is 3.66. The first-order valence-electron chi connectivity index (χ1n) is 10.2. The first kappa shape index (κ1) is 21.0. The number of imide groups is 2. The standard InChI is InChI=1S/C24H22N4O4/c1-2-28-23(31)19(22(30)26-24(28)32)12-17-14-27(20-11-7-6-10-18(17)20)15-21(29)25-13-16-8-4-3-5-9-16/h3-12,14H,2,13,15H2,1H3,(H,25,29)(H,26,30,32). The maximum absolute atomic E-state index is 12.6. The molecule has 0 saturated carbocycles. The van der Waals surface area contributed by atoms with Crippen LogP contribution in [-0.2, 0) is 27.5 Å². The molecule has 1 aromatic heterocycles. The highest BCUT2D eigenvalue weighted by molar-refractivity contribution is 6.31. The number of urea groups is 1. The molecule has 8 heteroatoms. The Balaban J connectivity index is 1.61. The van der Waals surface area contributed by atoms with Crippen molar-refractivity contribution in [1.82, 2.24) is 20.1 Å². The molecule has 1 aliphatic rings. The molecule has 1 saturated heterocycles. The average Bonchev–Trinajstić information content (AvgIpc) is 3.13. The Bertz CT molecular complexity index is 1240. The summed E-state index contributed by atoms with van der Waals surface area (Å²) < 4.78 is 1.77. The lowest BCUT2D eigenvalue weighted by molar-refractivity contribution is -0.130. The minimum absolute atomic E-state index is 0.0796. The molecule has 0 spiro atoms. The Labute approximate surface area is 184 Å². The summed E-state index contributed by atoms with van der Waals surface area (Å²) in [5.41, 5.74) is 2.28. The largest absolute Gasteiger partial charge is 0.350 e. The Morgan fingerprint density at radius 1 is 1.03 bits per heavy atom. The van der Waals surface area contributed by atoms with Gasteiger partial charge in [-0.1, -0.05) is 48.5 Å². The second kappa shape index (κ2) is 8.89. The van der Waals surface area contributed by atoms with Gasteiger partial charge in [0.15, 0.2) is 0 Å². The highest BCUT2D eigenvalue weighted by Crippen LogP contribution is 2.25. The van der Waals surface area contributed by atoms with Crippen LogP contribution in [0.15, 0.2) is 66.4 Å². The summed E-state index contributed by atoms with van der Waals surface area (Å²) in [5, 5.41) is 5.87. The zero-order chi connectivity index (χ0) is 22.7. The third-order valence-corrected chi connectivity index (χ3v) is 5.27. The summed E-state index contributed by atoms with van der Waals surface area (Å²) >= 11 is 0. The molecule has 1 aliphatic heterocycles. The van der Waals surface area contributed by atoms with Gasteiger partial charge in [-0.05, 0) is 24.6 Å². The van der Waals surface area contributed by atoms with E-state index < -0.39 is 17.8 Å². The average molecular weight is 430 g/mol. The lowest BCUT2D eigenvalue weighted by Crippen LogP contribution is -2.53. The second-order valence-electron chi connectivity index (χ2n) is 7.36. The van der Waals surface area contributed by atoms with Crippen LogP contribution in [0.25, 0.3) is 17.0 Å². The summed E-state index contributed by atoms with van der Waals surface area (Å²) in [6.07, 6.45) is 3.19. The fraction of sp³-hybridized carbons (Fsp3) is 0.167. The number of para-hydroxylation sites is 1. The van der Waals surface area contributed by atoms with E-state index in [9.17, 15) is 19.2 Å². The van der Waals surface area contributed by atoms with E-state index in [1.165, 1.54) is 6.08 Å². The monoisotopic (exact) mass is 430 g/mol.